The van der Waals surface area contributed by atoms with Crippen LogP contribution in [0.2, 0.25) is 0 Å². The molecule has 4 nitrogen and oxygen atoms in total. The first-order chi connectivity index (χ1) is 8.24. The predicted octanol–water partition coefficient (Wildman–Crippen LogP) is 1.42. The van der Waals surface area contributed by atoms with Crippen LogP contribution in [0.4, 0.5) is 0 Å². The van der Waals surface area contributed by atoms with Crippen molar-refractivity contribution in [3.8, 4) is 0 Å². The normalized spacial score (nSPS) is 12.4. The lowest BCUT2D eigenvalue weighted by molar-refractivity contribution is 0.0269. The van der Waals surface area contributed by atoms with Gasteiger partial charge in [-0.1, -0.05) is 24.3 Å². The first-order valence-electron chi connectivity index (χ1n) is 5.53. The number of nitrogens with one attached hydrogen (secondary N) is 1. The van der Waals surface area contributed by atoms with Gasteiger partial charge < -0.3 is 14.8 Å². The summed E-state index contributed by atoms with van der Waals surface area (Å²) in [6.07, 6.45) is -0.211. The van der Waals surface area contributed by atoms with Crippen LogP contribution < -0.4 is 5.32 Å². The molecule has 1 aromatic rings. The van der Waals surface area contributed by atoms with Crippen LogP contribution in [0.3, 0.4) is 0 Å². The summed E-state index contributed by atoms with van der Waals surface area (Å²) < 4.78 is 10.4. The second-order valence-corrected chi connectivity index (χ2v) is 3.72. The van der Waals surface area contributed by atoms with E-state index in [9.17, 15) is 4.79 Å². The molecule has 0 aliphatic rings. The summed E-state index contributed by atoms with van der Waals surface area (Å²) in [4.78, 5) is 11.9. The lowest BCUT2D eigenvalue weighted by Crippen LogP contribution is -2.21. The summed E-state index contributed by atoms with van der Waals surface area (Å²) in [6, 6.07) is 7.46. The summed E-state index contributed by atoms with van der Waals surface area (Å²) in [5.41, 5.74) is 1.56. The van der Waals surface area contributed by atoms with E-state index in [2.05, 4.69) is 5.32 Å². The molecule has 0 fully saturated rings. The highest BCUT2D eigenvalue weighted by Gasteiger charge is 2.17. The van der Waals surface area contributed by atoms with Crippen LogP contribution >= 0.6 is 0 Å². The third kappa shape index (κ3) is 3.63. The van der Waals surface area contributed by atoms with Crippen molar-refractivity contribution in [2.24, 2.45) is 0 Å². The van der Waals surface area contributed by atoms with Gasteiger partial charge in [-0.3, -0.25) is 4.79 Å². The average Bonchev–Trinajstić information content (AvgIpc) is 2.36. The number of hydrogen-bond donors (Lipinski definition) is 1. The molecule has 1 aromatic carbocycles. The van der Waals surface area contributed by atoms with E-state index >= 15 is 0 Å². The fourth-order valence-corrected chi connectivity index (χ4v) is 1.72. The van der Waals surface area contributed by atoms with Crippen LogP contribution in [0.1, 0.15) is 22.0 Å². The largest absolute Gasteiger partial charge is 0.382 e. The summed E-state index contributed by atoms with van der Waals surface area (Å²) in [6.45, 7) is 0.751. The number of benzene rings is 1. The Morgan fingerprint density at radius 2 is 2.06 bits per heavy atom. The van der Waals surface area contributed by atoms with Crippen molar-refractivity contribution in [3.05, 3.63) is 35.4 Å². The van der Waals surface area contributed by atoms with E-state index in [1.807, 2.05) is 24.3 Å². The minimum atomic E-state index is -0.211. The van der Waals surface area contributed by atoms with Gasteiger partial charge in [0.1, 0.15) is 6.10 Å². The van der Waals surface area contributed by atoms with Gasteiger partial charge in [0.25, 0.3) is 0 Å². The lowest BCUT2D eigenvalue weighted by Gasteiger charge is -2.17. The number of ketones is 1. The summed E-state index contributed by atoms with van der Waals surface area (Å²) in [5, 5.41) is 2.86. The van der Waals surface area contributed by atoms with E-state index in [4.69, 9.17) is 9.47 Å². The van der Waals surface area contributed by atoms with Gasteiger partial charge in [0.2, 0.25) is 0 Å². The zero-order chi connectivity index (χ0) is 12.7. The maximum Gasteiger partial charge on any atom is 0.176 e. The topological polar surface area (TPSA) is 47.6 Å². The quantitative estimate of drug-likeness (QED) is 0.729. The molecule has 0 spiro atoms. The Kier molecular flexibility index (Phi) is 5.83. The molecule has 0 amide bonds. The fraction of sp³-hybridized carbons (Fsp3) is 0.462. The van der Waals surface area contributed by atoms with E-state index in [0.717, 1.165) is 5.56 Å². The number of carbonyl (C=O) groups is 1. The van der Waals surface area contributed by atoms with Crippen LogP contribution in [0.15, 0.2) is 24.3 Å². The number of methoxy groups -OCH3 is 2. The molecular formula is C13H19NO3. The maximum absolute atomic E-state index is 11.9. The van der Waals surface area contributed by atoms with Gasteiger partial charge >= 0.3 is 0 Å². The Morgan fingerprint density at radius 3 is 2.65 bits per heavy atom. The second-order valence-electron chi connectivity index (χ2n) is 3.72. The Morgan fingerprint density at radius 1 is 1.35 bits per heavy atom. The molecule has 0 bridgehead atoms. The van der Waals surface area contributed by atoms with Crippen molar-refractivity contribution in [3.63, 3.8) is 0 Å². The predicted molar refractivity (Wildman–Crippen MR) is 66.3 cm³/mol. The third-order valence-electron chi connectivity index (χ3n) is 2.55. The molecule has 0 saturated heterocycles. The summed E-state index contributed by atoms with van der Waals surface area (Å²) >= 11 is 0. The number of Topliss-reactive ketones (excluding diaryl/α,β-unsaturated/α-hetero) is 1. The van der Waals surface area contributed by atoms with Crippen molar-refractivity contribution in [1.82, 2.24) is 5.32 Å². The zero-order valence-electron chi connectivity index (χ0n) is 10.5. The van der Waals surface area contributed by atoms with Crippen molar-refractivity contribution >= 4 is 5.78 Å². The Bertz CT molecular complexity index is 365. The maximum atomic E-state index is 11.9. The van der Waals surface area contributed by atoms with Gasteiger partial charge in [0, 0.05) is 19.8 Å². The molecule has 1 unspecified atom stereocenters. The standard InChI is InChI=1S/C13H19NO3/c1-14-8-12(15)10-6-4-5-7-11(10)13(17-3)9-16-2/h4-7,13-14H,8-9H2,1-3H3. The van der Waals surface area contributed by atoms with Crippen LogP contribution in [-0.2, 0) is 9.47 Å². The number of hydrogen-bond acceptors (Lipinski definition) is 4. The van der Waals surface area contributed by atoms with Crippen molar-refractivity contribution in [2.75, 3.05) is 34.4 Å². The monoisotopic (exact) mass is 237 g/mol. The number of ether oxygens (including phenoxy) is 2. The highest BCUT2D eigenvalue weighted by Crippen LogP contribution is 2.21. The fourth-order valence-electron chi connectivity index (χ4n) is 1.72. The Balaban J connectivity index is 3.01. The van der Waals surface area contributed by atoms with Crippen LogP contribution in [0.5, 0.6) is 0 Å². The van der Waals surface area contributed by atoms with Crippen LogP contribution in [0, 0.1) is 0 Å². The van der Waals surface area contributed by atoms with Gasteiger partial charge in [-0.2, -0.15) is 0 Å². The first kappa shape index (κ1) is 13.8. The zero-order valence-corrected chi connectivity index (χ0v) is 10.5. The first-order valence-corrected chi connectivity index (χ1v) is 5.53. The summed E-state index contributed by atoms with van der Waals surface area (Å²) in [7, 11) is 4.98. The molecule has 0 aromatic heterocycles. The molecule has 0 radical (unpaired) electrons. The third-order valence-corrected chi connectivity index (χ3v) is 2.55. The molecular weight excluding hydrogens is 218 g/mol. The molecule has 0 aliphatic carbocycles. The van der Waals surface area contributed by atoms with E-state index in [0.29, 0.717) is 18.7 Å². The Labute approximate surface area is 102 Å². The SMILES string of the molecule is CNCC(=O)c1ccccc1C(COC)OC. The van der Waals surface area contributed by atoms with Gasteiger partial charge in [-0.25, -0.2) is 0 Å². The molecule has 94 valence electrons. The Hall–Kier alpha value is -1.23. The second kappa shape index (κ2) is 7.17. The van der Waals surface area contributed by atoms with Gasteiger partial charge in [0.15, 0.2) is 5.78 Å². The molecule has 1 rings (SSSR count). The van der Waals surface area contributed by atoms with Crippen molar-refractivity contribution < 1.29 is 14.3 Å². The number of carbonyl (C=O) groups excluding carboxylic acids is 1. The molecule has 0 aliphatic heterocycles. The number of likely N-dealkylation sites (N-methyl/N-ethyl adjacent to an activating group) is 1. The van der Waals surface area contributed by atoms with E-state index < -0.39 is 0 Å². The minimum absolute atomic E-state index is 0.0567. The molecule has 1 atom stereocenters. The highest BCUT2D eigenvalue weighted by atomic mass is 16.5. The molecule has 0 heterocycles. The van der Waals surface area contributed by atoms with Crippen molar-refractivity contribution in [1.29, 1.82) is 0 Å². The van der Waals surface area contributed by atoms with Gasteiger partial charge in [0.05, 0.1) is 13.2 Å². The lowest BCUT2D eigenvalue weighted by atomic mass is 9.99. The summed E-state index contributed by atoms with van der Waals surface area (Å²) in [5.74, 6) is 0.0567. The smallest absolute Gasteiger partial charge is 0.176 e. The van der Waals surface area contributed by atoms with Crippen LogP contribution in [-0.4, -0.2) is 40.2 Å². The molecule has 17 heavy (non-hydrogen) atoms. The molecule has 0 saturated carbocycles. The highest BCUT2D eigenvalue weighted by molar-refractivity contribution is 5.99. The number of rotatable bonds is 7. The van der Waals surface area contributed by atoms with E-state index in [-0.39, 0.29) is 11.9 Å². The van der Waals surface area contributed by atoms with Gasteiger partial charge in [-0.05, 0) is 12.6 Å². The molecule has 1 N–H and O–H groups in total. The molecule has 4 heteroatoms. The average molecular weight is 237 g/mol. The van der Waals surface area contributed by atoms with Crippen LogP contribution in [0.25, 0.3) is 0 Å². The minimum Gasteiger partial charge on any atom is -0.382 e. The van der Waals surface area contributed by atoms with Crippen molar-refractivity contribution in [2.45, 2.75) is 6.10 Å². The van der Waals surface area contributed by atoms with E-state index in [1.165, 1.54) is 0 Å². The van der Waals surface area contributed by atoms with E-state index in [1.54, 1.807) is 21.3 Å². The van der Waals surface area contributed by atoms with Gasteiger partial charge in [-0.15, -0.1) is 0 Å².